The second kappa shape index (κ2) is 5.56. The van der Waals surface area contributed by atoms with E-state index in [0.717, 1.165) is 26.1 Å². The fraction of sp³-hybridized carbons (Fsp3) is 0.583. The van der Waals surface area contributed by atoms with E-state index in [9.17, 15) is 4.79 Å². The molecule has 1 atom stereocenters. The summed E-state index contributed by atoms with van der Waals surface area (Å²) in [7, 11) is 1.81. The van der Waals surface area contributed by atoms with Crippen molar-refractivity contribution < 1.29 is 9.53 Å². The number of nitrogens with one attached hydrogen (secondary N) is 1. The average molecular weight is 257 g/mol. The second-order valence-corrected chi connectivity index (χ2v) is 4.87. The Kier molecular flexibility index (Phi) is 4.07. The zero-order valence-electron chi connectivity index (χ0n) is 9.91. The van der Waals surface area contributed by atoms with Crippen LogP contribution in [-0.4, -0.2) is 30.2 Å². The summed E-state index contributed by atoms with van der Waals surface area (Å²) in [6.45, 7) is 2.37. The Morgan fingerprint density at radius 3 is 3.12 bits per heavy atom. The number of hydrogen-bond acceptors (Lipinski definition) is 2. The normalized spacial score (nSPS) is 19.5. The molecule has 1 aromatic heterocycles. The van der Waals surface area contributed by atoms with Crippen LogP contribution < -0.4 is 5.32 Å². The van der Waals surface area contributed by atoms with Gasteiger partial charge in [0.15, 0.2) is 0 Å². The first kappa shape index (κ1) is 12.5. The largest absolute Gasteiger partial charge is 0.381 e. The molecule has 2 heterocycles. The summed E-state index contributed by atoms with van der Waals surface area (Å²) >= 11 is 5.83. The number of amides is 1. The quantitative estimate of drug-likeness (QED) is 0.893. The molecule has 17 heavy (non-hydrogen) atoms. The number of halogens is 1. The molecule has 1 aliphatic heterocycles. The highest BCUT2D eigenvalue weighted by molar-refractivity contribution is 6.31. The van der Waals surface area contributed by atoms with Crippen LogP contribution in [0.5, 0.6) is 0 Å². The molecular formula is C12H17ClN2O2. The number of nitrogens with zero attached hydrogens (tertiary/aromatic N) is 1. The van der Waals surface area contributed by atoms with Crippen LogP contribution in [0.25, 0.3) is 0 Å². The lowest BCUT2D eigenvalue weighted by Gasteiger charge is -2.09. The molecule has 0 aliphatic carbocycles. The standard InChI is InChI=1S/C12H17ClN2O2/c1-15-7-10(13)6-11(15)12(16)14-4-2-9-3-5-17-8-9/h6-7,9H,2-5,8H2,1H3,(H,14,16)/t9-/m0/s1. The highest BCUT2D eigenvalue weighted by Gasteiger charge is 2.16. The van der Waals surface area contributed by atoms with Gasteiger partial charge in [-0.05, 0) is 24.8 Å². The summed E-state index contributed by atoms with van der Waals surface area (Å²) < 4.78 is 7.02. The first-order chi connectivity index (χ1) is 8.16. The maximum absolute atomic E-state index is 11.8. The van der Waals surface area contributed by atoms with Crippen molar-refractivity contribution in [2.75, 3.05) is 19.8 Å². The predicted molar refractivity (Wildman–Crippen MR) is 66.3 cm³/mol. The van der Waals surface area contributed by atoms with E-state index in [0.29, 0.717) is 23.2 Å². The molecule has 0 bridgehead atoms. The molecule has 1 fully saturated rings. The summed E-state index contributed by atoms with van der Waals surface area (Å²) in [5, 5.41) is 3.49. The zero-order valence-corrected chi connectivity index (χ0v) is 10.7. The van der Waals surface area contributed by atoms with Crippen molar-refractivity contribution in [1.29, 1.82) is 0 Å². The molecule has 0 spiro atoms. The number of aromatic nitrogens is 1. The fourth-order valence-corrected chi connectivity index (χ4v) is 2.29. The number of hydrogen-bond donors (Lipinski definition) is 1. The van der Waals surface area contributed by atoms with Crippen molar-refractivity contribution in [3.05, 3.63) is 23.0 Å². The molecule has 1 amide bonds. The molecule has 0 saturated carbocycles. The van der Waals surface area contributed by atoms with Crippen molar-refractivity contribution in [2.45, 2.75) is 12.8 Å². The Labute approximate surface area is 106 Å². The third-order valence-electron chi connectivity index (χ3n) is 3.07. The predicted octanol–water partition coefficient (Wildman–Crippen LogP) is 1.83. The molecule has 0 radical (unpaired) electrons. The van der Waals surface area contributed by atoms with Crippen molar-refractivity contribution in [3.8, 4) is 0 Å². The van der Waals surface area contributed by atoms with E-state index in [4.69, 9.17) is 16.3 Å². The van der Waals surface area contributed by atoms with E-state index >= 15 is 0 Å². The third-order valence-corrected chi connectivity index (χ3v) is 3.27. The van der Waals surface area contributed by atoms with Crippen LogP contribution in [0.2, 0.25) is 5.02 Å². The minimum Gasteiger partial charge on any atom is -0.381 e. The minimum absolute atomic E-state index is 0.0710. The van der Waals surface area contributed by atoms with E-state index in [2.05, 4.69) is 5.32 Å². The first-order valence-corrected chi connectivity index (χ1v) is 6.22. The maximum Gasteiger partial charge on any atom is 0.267 e. The molecular weight excluding hydrogens is 240 g/mol. The molecule has 0 aromatic carbocycles. The van der Waals surface area contributed by atoms with Gasteiger partial charge in [-0.2, -0.15) is 0 Å². The number of carbonyl (C=O) groups is 1. The van der Waals surface area contributed by atoms with Gasteiger partial charge in [-0.15, -0.1) is 0 Å². The second-order valence-electron chi connectivity index (χ2n) is 4.43. The molecule has 1 aromatic rings. The lowest BCUT2D eigenvalue weighted by molar-refractivity contribution is 0.0942. The Morgan fingerprint density at radius 1 is 1.71 bits per heavy atom. The van der Waals surface area contributed by atoms with E-state index in [-0.39, 0.29) is 5.91 Å². The monoisotopic (exact) mass is 256 g/mol. The number of ether oxygens (including phenoxy) is 1. The molecule has 4 nitrogen and oxygen atoms in total. The van der Waals surface area contributed by atoms with E-state index in [1.165, 1.54) is 0 Å². The van der Waals surface area contributed by atoms with Gasteiger partial charge in [0.25, 0.3) is 5.91 Å². The lowest BCUT2D eigenvalue weighted by Crippen LogP contribution is -2.27. The van der Waals surface area contributed by atoms with Crippen molar-refractivity contribution >= 4 is 17.5 Å². The van der Waals surface area contributed by atoms with E-state index in [1.54, 1.807) is 16.8 Å². The van der Waals surface area contributed by atoms with Gasteiger partial charge in [-0.1, -0.05) is 11.6 Å². The van der Waals surface area contributed by atoms with E-state index in [1.807, 2.05) is 7.05 Å². The molecule has 94 valence electrons. The van der Waals surface area contributed by atoms with Gasteiger partial charge in [0, 0.05) is 33.0 Å². The van der Waals surface area contributed by atoms with Crippen LogP contribution in [0.3, 0.4) is 0 Å². The van der Waals surface area contributed by atoms with Crippen LogP contribution in [0.15, 0.2) is 12.3 Å². The van der Waals surface area contributed by atoms with Gasteiger partial charge in [-0.25, -0.2) is 0 Å². The topological polar surface area (TPSA) is 43.3 Å². The highest BCUT2D eigenvalue weighted by atomic mass is 35.5. The van der Waals surface area contributed by atoms with Gasteiger partial charge in [0.05, 0.1) is 5.02 Å². The van der Waals surface area contributed by atoms with Gasteiger partial charge in [-0.3, -0.25) is 4.79 Å². The van der Waals surface area contributed by atoms with E-state index < -0.39 is 0 Å². The molecule has 1 N–H and O–H groups in total. The summed E-state index contributed by atoms with van der Waals surface area (Å²) in [5.74, 6) is 0.519. The van der Waals surface area contributed by atoms with Crippen LogP contribution in [-0.2, 0) is 11.8 Å². The summed E-state index contributed by atoms with van der Waals surface area (Å²) in [6.07, 6.45) is 3.80. The van der Waals surface area contributed by atoms with Crippen molar-refractivity contribution in [3.63, 3.8) is 0 Å². The molecule has 0 unspecified atom stereocenters. The van der Waals surface area contributed by atoms with Crippen molar-refractivity contribution in [1.82, 2.24) is 9.88 Å². The maximum atomic E-state index is 11.8. The minimum atomic E-state index is -0.0710. The fourth-order valence-electron chi connectivity index (χ4n) is 2.04. The summed E-state index contributed by atoms with van der Waals surface area (Å²) in [6, 6.07) is 1.68. The smallest absolute Gasteiger partial charge is 0.267 e. The lowest BCUT2D eigenvalue weighted by atomic mass is 10.1. The van der Waals surface area contributed by atoms with Crippen LogP contribution in [0, 0.1) is 5.92 Å². The van der Waals surface area contributed by atoms with Gasteiger partial charge in [0.1, 0.15) is 5.69 Å². The van der Waals surface area contributed by atoms with Crippen molar-refractivity contribution in [2.24, 2.45) is 13.0 Å². The number of carbonyl (C=O) groups excluding carboxylic acids is 1. The summed E-state index contributed by atoms with van der Waals surface area (Å²) in [4.78, 5) is 11.8. The molecule has 2 rings (SSSR count). The Balaban J connectivity index is 1.78. The first-order valence-electron chi connectivity index (χ1n) is 5.84. The Bertz CT molecular complexity index is 397. The zero-order chi connectivity index (χ0) is 12.3. The van der Waals surface area contributed by atoms with Crippen LogP contribution in [0.1, 0.15) is 23.3 Å². The average Bonchev–Trinajstić information content (AvgIpc) is 2.88. The highest BCUT2D eigenvalue weighted by Crippen LogP contribution is 2.16. The summed E-state index contributed by atoms with van der Waals surface area (Å²) in [5.41, 5.74) is 0.595. The van der Waals surface area contributed by atoms with Crippen LogP contribution >= 0.6 is 11.6 Å². The molecule has 1 aliphatic rings. The number of aryl methyl sites for hydroxylation is 1. The number of rotatable bonds is 4. The van der Waals surface area contributed by atoms with Gasteiger partial charge < -0.3 is 14.6 Å². The molecule has 5 heteroatoms. The Hall–Kier alpha value is -1.00. The SMILES string of the molecule is Cn1cc(Cl)cc1C(=O)NCC[C@H]1CCOC1. The van der Waals surface area contributed by atoms with Crippen LogP contribution in [0.4, 0.5) is 0 Å². The Morgan fingerprint density at radius 2 is 2.53 bits per heavy atom. The van der Waals surface area contributed by atoms with Gasteiger partial charge >= 0.3 is 0 Å². The molecule has 1 saturated heterocycles. The third kappa shape index (κ3) is 3.23. The van der Waals surface area contributed by atoms with Gasteiger partial charge in [0.2, 0.25) is 0 Å².